The number of benzene rings is 1. The van der Waals surface area contributed by atoms with Crippen molar-refractivity contribution in [2.45, 2.75) is 6.04 Å². The molecule has 0 radical (unpaired) electrons. The van der Waals surface area contributed by atoms with Gasteiger partial charge in [-0.2, -0.15) is 4.39 Å². The molecular weight excluding hydrogens is 195 g/mol. The van der Waals surface area contributed by atoms with Crippen LogP contribution in [0, 0.1) is 0 Å². The molecule has 0 fully saturated rings. The zero-order valence-corrected chi connectivity index (χ0v) is 8.27. The Morgan fingerprint density at radius 3 is 2.67 bits per heavy atom. The minimum atomic E-state index is -2.75. The van der Waals surface area contributed by atoms with Crippen LogP contribution < -0.4 is 0 Å². The standard InChI is InChI=1S/C12H13FO2/c1-2-10-15-12(13,14)9-8-11-6-4-3-5-7-11/h2-9,14H,1,10H2. The van der Waals surface area contributed by atoms with Crippen LogP contribution in [0.4, 0.5) is 4.39 Å². The van der Waals surface area contributed by atoms with Crippen molar-refractivity contribution in [3.63, 3.8) is 0 Å². The van der Waals surface area contributed by atoms with Gasteiger partial charge in [0.15, 0.2) is 0 Å². The third-order valence-corrected chi connectivity index (χ3v) is 1.68. The number of hydrogen-bond acceptors (Lipinski definition) is 2. The Morgan fingerprint density at radius 2 is 2.07 bits per heavy atom. The summed E-state index contributed by atoms with van der Waals surface area (Å²) in [5, 5.41) is 9.08. The highest BCUT2D eigenvalue weighted by Crippen LogP contribution is 2.13. The minimum absolute atomic E-state index is 0.0495. The molecule has 0 aromatic heterocycles. The molecule has 0 aliphatic carbocycles. The fraction of sp³-hybridized carbons (Fsp3) is 0.167. The molecule has 1 unspecified atom stereocenters. The molecule has 0 heterocycles. The van der Waals surface area contributed by atoms with E-state index in [0.717, 1.165) is 11.6 Å². The third-order valence-electron chi connectivity index (χ3n) is 1.68. The van der Waals surface area contributed by atoms with E-state index in [-0.39, 0.29) is 6.61 Å². The van der Waals surface area contributed by atoms with Crippen molar-refractivity contribution in [3.05, 3.63) is 54.6 Å². The number of aliphatic hydroxyl groups is 1. The summed E-state index contributed by atoms with van der Waals surface area (Å²) in [6.07, 6.45) is 3.76. The predicted molar refractivity (Wildman–Crippen MR) is 57.7 cm³/mol. The van der Waals surface area contributed by atoms with Crippen LogP contribution in [-0.2, 0) is 4.74 Å². The Morgan fingerprint density at radius 1 is 1.40 bits per heavy atom. The van der Waals surface area contributed by atoms with Gasteiger partial charge in [0.1, 0.15) is 0 Å². The van der Waals surface area contributed by atoms with Crippen LogP contribution in [0.25, 0.3) is 6.08 Å². The second kappa shape index (κ2) is 5.44. The summed E-state index contributed by atoms with van der Waals surface area (Å²) in [5.41, 5.74) is 0.788. The summed E-state index contributed by atoms with van der Waals surface area (Å²) in [6.45, 7) is 3.31. The Balaban J connectivity index is 2.60. The summed E-state index contributed by atoms with van der Waals surface area (Å²) in [6, 6.07) is 6.33. The van der Waals surface area contributed by atoms with Crippen molar-refractivity contribution in [2.75, 3.05) is 6.61 Å². The maximum absolute atomic E-state index is 13.2. The van der Waals surface area contributed by atoms with E-state index < -0.39 is 6.04 Å². The van der Waals surface area contributed by atoms with Gasteiger partial charge in [-0.05, 0) is 5.56 Å². The fourth-order valence-corrected chi connectivity index (χ4v) is 0.987. The number of rotatable bonds is 5. The van der Waals surface area contributed by atoms with Crippen LogP contribution in [0.1, 0.15) is 5.56 Å². The zero-order valence-electron chi connectivity index (χ0n) is 8.27. The van der Waals surface area contributed by atoms with E-state index >= 15 is 0 Å². The topological polar surface area (TPSA) is 29.5 Å². The van der Waals surface area contributed by atoms with Crippen molar-refractivity contribution in [1.29, 1.82) is 0 Å². The highest BCUT2D eigenvalue weighted by Gasteiger charge is 2.21. The lowest BCUT2D eigenvalue weighted by molar-refractivity contribution is -0.247. The summed E-state index contributed by atoms with van der Waals surface area (Å²) >= 11 is 0. The monoisotopic (exact) mass is 208 g/mol. The molecule has 0 amide bonds. The van der Waals surface area contributed by atoms with Crippen molar-refractivity contribution >= 4 is 6.08 Å². The summed E-state index contributed by atoms with van der Waals surface area (Å²) < 4.78 is 17.6. The number of hydrogen-bond donors (Lipinski definition) is 1. The summed E-state index contributed by atoms with van der Waals surface area (Å²) in [4.78, 5) is 0. The predicted octanol–water partition coefficient (Wildman–Crippen LogP) is 2.52. The lowest BCUT2D eigenvalue weighted by Gasteiger charge is -2.13. The smallest absolute Gasteiger partial charge is 0.336 e. The quantitative estimate of drug-likeness (QED) is 0.595. The van der Waals surface area contributed by atoms with Gasteiger partial charge in [0.25, 0.3) is 0 Å². The molecular formula is C12H13FO2. The number of alkyl halides is 1. The van der Waals surface area contributed by atoms with Crippen LogP contribution in [0.3, 0.4) is 0 Å². The molecule has 15 heavy (non-hydrogen) atoms. The molecule has 1 aromatic carbocycles. The second-order valence-electron chi connectivity index (χ2n) is 2.95. The zero-order chi connectivity index (χ0) is 11.1. The van der Waals surface area contributed by atoms with Crippen LogP contribution in [0.2, 0.25) is 0 Å². The maximum atomic E-state index is 13.2. The first-order chi connectivity index (χ1) is 7.14. The molecule has 0 aliphatic rings. The van der Waals surface area contributed by atoms with Crippen LogP contribution in [-0.4, -0.2) is 17.8 Å². The first-order valence-electron chi connectivity index (χ1n) is 4.54. The highest BCUT2D eigenvalue weighted by atomic mass is 19.2. The summed E-state index contributed by atoms with van der Waals surface area (Å²) in [5.74, 6) is 0. The molecule has 2 nitrogen and oxygen atoms in total. The Kier molecular flexibility index (Phi) is 4.21. The van der Waals surface area contributed by atoms with E-state index in [1.165, 1.54) is 12.2 Å². The van der Waals surface area contributed by atoms with Gasteiger partial charge in [0.05, 0.1) is 6.61 Å². The van der Waals surface area contributed by atoms with E-state index in [9.17, 15) is 4.39 Å². The molecule has 0 aliphatic heterocycles. The van der Waals surface area contributed by atoms with Gasteiger partial charge in [-0.25, -0.2) is 0 Å². The Bertz CT molecular complexity index is 331. The third kappa shape index (κ3) is 4.54. The molecule has 0 bridgehead atoms. The average molecular weight is 208 g/mol. The average Bonchev–Trinajstić information content (AvgIpc) is 2.25. The first-order valence-corrected chi connectivity index (χ1v) is 4.54. The minimum Gasteiger partial charge on any atom is -0.336 e. The molecule has 1 aromatic rings. The SMILES string of the molecule is C=CCOC(O)(F)C=Cc1ccccc1. The highest BCUT2D eigenvalue weighted by molar-refractivity contribution is 5.49. The normalized spacial score (nSPS) is 15.1. The fourth-order valence-electron chi connectivity index (χ4n) is 0.987. The van der Waals surface area contributed by atoms with E-state index in [1.807, 2.05) is 18.2 Å². The second-order valence-corrected chi connectivity index (χ2v) is 2.95. The Hall–Kier alpha value is -1.45. The van der Waals surface area contributed by atoms with Gasteiger partial charge in [-0.3, -0.25) is 0 Å². The Labute approximate surface area is 88.3 Å². The largest absolute Gasteiger partial charge is 0.339 e. The molecule has 0 saturated carbocycles. The number of ether oxygens (including phenoxy) is 1. The molecule has 0 spiro atoms. The molecule has 1 N–H and O–H groups in total. The molecule has 80 valence electrons. The first kappa shape index (κ1) is 11.6. The van der Waals surface area contributed by atoms with Gasteiger partial charge in [-0.15, -0.1) is 6.58 Å². The van der Waals surface area contributed by atoms with Crippen LogP contribution in [0.15, 0.2) is 49.1 Å². The lowest BCUT2D eigenvalue weighted by Crippen LogP contribution is -2.23. The molecule has 1 rings (SSSR count). The van der Waals surface area contributed by atoms with Crippen molar-refractivity contribution < 1.29 is 14.2 Å². The molecule has 1 atom stereocenters. The van der Waals surface area contributed by atoms with Crippen molar-refractivity contribution in [2.24, 2.45) is 0 Å². The van der Waals surface area contributed by atoms with Gasteiger partial charge in [0, 0.05) is 6.08 Å². The van der Waals surface area contributed by atoms with Gasteiger partial charge < -0.3 is 9.84 Å². The van der Waals surface area contributed by atoms with E-state index in [4.69, 9.17) is 5.11 Å². The van der Waals surface area contributed by atoms with Gasteiger partial charge in [-0.1, -0.05) is 42.5 Å². The van der Waals surface area contributed by atoms with Crippen molar-refractivity contribution in [3.8, 4) is 0 Å². The molecule has 3 heteroatoms. The number of halogens is 1. The van der Waals surface area contributed by atoms with Crippen LogP contribution in [0.5, 0.6) is 0 Å². The van der Waals surface area contributed by atoms with E-state index in [1.54, 1.807) is 12.1 Å². The lowest BCUT2D eigenvalue weighted by atomic mass is 10.2. The molecule has 0 saturated heterocycles. The maximum Gasteiger partial charge on any atom is 0.339 e. The van der Waals surface area contributed by atoms with Gasteiger partial charge in [0.2, 0.25) is 0 Å². The van der Waals surface area contributed by atoms with E-state index in [2.05, 4.69) is 11.3 Å². The van der Waals surface area contributed by atoms with E-state index in [0.29, 0.717) is 0 Å². The van der Waals surface area contributed by atoms with Gasteiger partial charge >= 0.3 is 6.04 Å². The van der Waals surface area contributed by atoms with Crippen LogP contribution >= 0.6 is 0 Å². The summed E-state index contributed by atoms with van der Waals surface area (Å²) in [7, 11) is 0. The van der Waals surface area contributed by atoms with Crippen molar-refractivity contribution in [1.82, 2.24) is 0 Å².